The van der Waals surface area contributed by atoms with Gasteiger partial charge in [-0.05, 0) is 53.5 Å². The van der Waals surface area contributed by atoms with Crippen molar-refractivity contribution in [1.29, 1.82) is 0 Å². The van der Waals surface area contributed by atoms with Crippen LogP contribution in [0.15, 0.2) is 35.1 Å². The van der Waals surface area contributed by atoms with Crippen LogP contribution in [0.1, 0.15) is 37.7 Å². The van der Waals surface area contributed by atoms with E-state index in [0.717, 1.165) is 30.9 Å². The monoisotopic (exact) mass is 339 g/mol. The predicted molar refractivity (Wildman–Crippen MR) is 82.1 cm³/mol. The molecule has 2 aromatic rings. The Labute approximate surface area is 127 Å². The first-order valence-corrected chi connectivity index (χ1v) is 7.66. The standard InChI is InChI=1S/C15H19BrFN3/c1-3-7-18-14(15-19-8-9-20(15)4-2)11-5-6-12(16)13(17)10-11/h5-6,8-10,14,18H,3-4,7H2,1-2H3. The van der Waals surface area contributed by atoms with Gasteiger partial charge in [-0.1, -0.05) is 13.0 Å². The number of nitrogens with zero attached hydrogens (tertiary/aromatic N) is 2. The van der Waals surface area contributed by atoms with E-state index in [-0.39, 0.29) is 11.9 Å². The smallest absolute Gasteiger partial charge is 0.137 e. The fourth-order valence-corrected chi connectivity index (χ4v) is 2.43. The maximum atomic E-state index is 13.8. The van der Waals surface area contributed by atoms with E-state index in [2.05, 4.69) is 44.6 Å². The van der Waals surface area contributed by atoms with Crippen LogP contribution >= 0.6 is 15.9 Å². The molecule has 3 nitrogen and oxygen atoms in total. The minimum Gasteiger partial charge on any atom is -0.334 e. The number of imidazole rings is 1. The molecule has 1 aromatic heterocycles. The van der Waals surface area contributed by atoms with Gasteiger partial charge >= 0.3 is 0 Å². The number of aromatic nitrogens is 2. The van der Waals surface area contributed by atoms with Crippen molar-refractivity contribution in [3.05, 3.63) is 52.3 Å². The molecule has 0 aliphatic rings. The summed E-state index contributed by atoms with van der Waals surface area (Å²) < 4.78 is 16.3. The van der Waals surface area contributed by atoms with Crippen molar-refractivity contribution in [3.63, 3.8) is 0 Å². The summed E-state index contributed by atoms with van der Waals surface area (Å²) in [5, 5.41) is 3.44. The summed E-state index contributed by atoms with van der Waals surface area (Å²) in [6.07, 6.45) is 4.75. The summed E-state index contributed by atoms with van der Waals surface area (Å²) in [5.74, 6) is 0.670. The second-order valence-electron chi connectivity index (χ2n) is 4.63. The van der Waals surface area contributed by atoms with Crippen molar-refractivity contribution in [2.75, 3.05) is 6.54 Å². The minimum absolute atomic E-state index is 0.0903. The van der Waals surface area contributed by atoms with Gasteiger partial charge in [-0.25, -0.2) is 9.37 Å². The summed E-state index contributed by atoms with van der Waals surface area (Å²) in [5.41, 5.74) is 0.889. The highest BCUT2D eigenvalue weighted by Gasteiger charge is 2.19. The van der Waals surface area contributed by atoms with E-state index in [1.54, 1.807) is 18.3 Å². The van der Waals surface area contributed by atoms with Crippen LogP contribution in [-0.4, -0.2) is 16.1 Å². The van der Waals surface area contributed by atoms with Gasteiger partial charge in [0.05, 0.1) is 10.5 Å². The molecule has 0 saturated carbocycles. The largest absolute Gasteiger partial charge is 0.334 e. The maximum Gasteiger partial charge on any atom is 0.137 e. The van der Waals surface area contributed by atoms with Crippen molar-refractivity contribution in [2.24, 2.45) is 0 Å². The number of hydrogen-bond acceptors (Lipinski definition) is 2. The van der Waals surface area contributed by atoms with Gasteiger partial charge in [0, 0.05) is 18.9 Å². The van der Waals surface area contributed by atoms with E-state index < -0.39 is 0 Å². The Morgan fingerprint density at radius 1 is 1.40 bits per heavy atom. The summed E-state index contributed by atoms with van der Waals surface area (Å²) in [7, 11) is 0. The number of hydrogen-bond donors (Lipinski definition) is 1. The molecule has 0 bridgehead atoms. The number of nitrogens with one attached hydrogen (secondary N) is 1. The van der Waals surface area contributed by atoms with Gasteiger partial charge in [-0.3, -0.25) is 0 Å². The van der Waals surface area contributed by atoms with Crippen molar-refractivity contribution in [1.82, 2.24) is 14.9 Å². The van der Waals surface area contributed by atoms with Crippen molar-refractivity contribution in [3.8, 4) is 0 Å². The first-order chi connectivity index (χ1) is 9.67. The molecular weight excluding hydrogens is 321 g/mol. The van der Waals surface area contributed by atoms with Crippen LogP contribution in [0.25, 0.3) is 0 Å². The Morgan fingerprint density at radius 2 is 2.20 bits per heavy atom. The lowest BCUT2D eigenvalue weighted by molar-refractivity contribution is 0.536. The lowest BCUT2D eigenvalue weighted by Crippen LogP contribution is -2.26. The first kappa shape index (κ1) is 15.2. The van der Waals surface area contributed by atoms with Gasteiger partial charge in [-0.2, -0.15) is 0 Å². The number of rotatable bonds is 6. The predicted octanol–water partition coefficient (Wildman–Crippen LogP) is 3.89. The molecule has 1 aromatic carbocycles. The van der Waals surface area contributed by atoms with E-state index in [4.69, 9.17) is 0 Å². The SMILES string of the molecule is CCCNC(c1ccc(Br)c(F)c1)c1nccn1CC. The zero-order valence-electron chi connectivity index (χ0n) is 11.7. The van der Waals surface area contributed by atoms with E-state index in [1.165, 1.54) is 0 Å². The summed E-state index contributed by atoms with van der Waals surface area (Å²) >= 11 is 3.19. The van der Waals surface area contributed by atoms with E-state index in [1.807, 2.05) is 12.3 Å². The lowest BCUT2D eigenvalue weighted by Gasteiger charge is -2.20. The molecule has 0 saturated heterocycles. The summed E-state index contributed by atoms with van der Waals surface area (Å²) in [6, 6.07) is 5.14. The molecule has 108 valence electrons. The van der Waals surface area contributed by atoms with Gasteiger partial charge in [0.1, 0.15) is 11.6 Å². The minimum atomic E-state index is -0.250. The van der Waals surface area contributed by atoms with E-state index in [9.17, 15) is 4.39 Å². The molecule has 1 heterocycles. The molecule has 5 heteroatoms. The second kappa shape index (κ2) is 6.99. The van der Waals surface area contributed by atoms with Crippen LogP contribution in [0, 0.1) is 5.82 Å². The Balaban J connectivity index is 2.38. The summed E-state index contributed by atoms with van der Waals surface area (Å²) in [6.45, 7) is 5.89. The molecule has 0 aliphatic carbocycles. The Bertz CT molecular complexity index is 568. The third-order valence-electron chi connectivity index (χ3n) is 3.22. The average molecular weight is 340 g/mol. The molecule has 0 spiro atoms. The third-order valence-corrected chi connectivity index (χ3v) is 3.87. The molecule has 0 fully saturated rings. The highest BCUT2D eigenvalue weighted by Crippen LogP contribution is 2.25. The fourth-order valence-electron chi connectivity index (χ4n) is 2.19. The number of halogens is 2. The molecule has 20 heavy (non-hydrogen) atoms. The average Bonchev–Trinajstić information content (AvgIpc) is 2.91. The molecule has 1 atom stereocenters. The van der Waals surface area contributed by atoms with Crippen LogP contribution in [0.3, 0.4) is 0 Å². The highest BCUT2D eigenvalue weighted by molar-refractivity contribution is 9.10. The zero-order chi connectivity index (χ0) is 14.5. The van der Waals surface area contributed by atoms with Crippen LogP contribution in [0.4, 0.5) is 4.39 Å². The van der Waals surface area contributed by atoms with Crippen LogP contribution in [-0.2, 0) is 6.54 Å². The highest BCUT2D eigenvalue weighted by atomic mass is 79.9. The van der Waals surface area contributed by atoms with Crippen molar-refractivity contribution < 1.29 is 4.39 Å². The maximum absolute atomic E-state index is 13.8. The molecule has 0 aliphatic heterocycles. The topological polar surface area (TPSA) is 29.9 Å². The Morgan fingerprint density at radius 3 is 2.85 bits per heavy atom. The van der Waals surface area contributed by atoms with Crippen LogP contribution in [0.5, 0.6) is 0 Å². The van der Waals surface area contributed by atoms with Crippen LogP contribution in [0.2, 0.25) is 0 Å². The van der Waals surface area contributed by atoms with Gasteiger partial charge in [0.2, 0.25) is 0 Å². The van der Waals surface area contributed by atoms with Crippen molar-refractivity contribution in [2.45, 2.75) is 32.9 Å². The van der Waals surface area contributed by atoms with E-state index >= 15 is 0 Å². The Hall–Kier alpha value is -1.20. The third kappa shape index (κ3) is 3.27. The quantitative estimate of drug-likeness (QED) is 0.865. The second-order valence-corrected chi connectivity index (χ2v) is 5.49. The van der Waals surface area contributed by atoms with Gasteiger partial charge < -0.3 is 9.88 Å². The fraction of sp³-hybridized carbons (Fsp3) is 0.400. The normalized spacial score (nSPS) is 12.6. The van der Waals surface area contributed by atoms with Crippen molar-refractivity contribution >= 4 is 15.9 Å². The number of aryl methyl sites for hydroxylation is 1. The van der Waals surface area contributed by atoms with E-state index in [0.29, 0.717) is 4.47 Å². The first-order valence-electron chi connectivity index (χ1n) is 6.86. The molecule has 1 N–H and O–H groups in total. The molecule has 2 rings (SSSR count). The van der Waals surface area contributed by atoms with Gasteiger partial charge in [0.25, 0.3) is 0 Å². The van der Waals surface area contributed by atoms with Crippen LogP contribution < -0.4 is 5.32 Å². The van der Waals surface area contributed by atoms with Gasteiger partial charge in [-0.15, -0.1) is 0 Å². The molecular formula is C15H19BrFN3. The zero-order valence-corrected chi connectivity index (χ0v) is 13.3. The molecule has 0 radical (unpaired) electrons. The number of benzene rings is 1. The molecule has 1 unspecified atom stereocenters. The Kier molecular flexibility index (Phi) is 5.31. The van der Waals surface area contributed by atoms with Gasteiger partial charge in [0.15, 0.2) is 0 Å². The summed E-state index contributed by atoms with van der Waals surface area (Å²) in [4.78, 5) is 4.44. The molecule has 0 amide bonds. The lowest BCUT2D eigenvalue weighted by atomic mass is 10.1.